The van der Waals surface area contributed by atoms with E-state index in [2.05, 4.69) is 20.4 Å². The maximum Gasteiger partial charge on any atom is 0.271 e. The van der Waals surface area contributed by atoms with Crippen molar-refractivity contribution < 1.29 is 9.18 Å². The third-order valence-electron chi connectivity index (χ3n) is 5.32. The molecule has 0 aliphatic carbocycles. The van der Waals surface area contributed by atoms with Crippen LogP contribution in [0.4, 0.5) is 4.39 Å². The van der Waals surface area contributed by atoms with Gasteiger partial charge in [-0.05, 0) is 24.6 Å². The molecule has 1 N–H and O–H groups in total. The number of hydrogen-bond acceptors (Lipinski definition) is 4. The summed E-state index contributed by atoms with van der Waals surface area (Å²) in [5.74, 6) is -0.670. The Balaban J connectivity index is 1.47. The number of carbonyl (C=O) groups is 1. The molecule has 0 aliphatic rings. The molecular weight excluding hydrogens is 419 g/mol. The van der Waals surface area contributed by atoms with E-state index in [-0.39, 0.29) is 17.4 Å². The van der Waals surface area contributed by atoms with Crippen LogP contribution in [-0.2, 0) is 6.54 Å². The minimum absolute atomic E-state index is 0.230. The van der Waals surface area contributed by atoms with Gasteiger partial charge in [0.15, 0.2) is 11.3 Å². The van der Waals surface area contributed by atoms with E-state index in [1.807, 2.05) is 41.1 Å². The number of hydrogen-bond donors (Lipinski definition) is 1. The SMILES string of the molecule is O=C(NCCCn1ccnc1)c1cc2nc(-c3ccccc3)cc(-c3ccccc3F)n2n1. The zero-order chi connectivity index (χ0) is 22.6. The Morgan fingerprint density at radius 1 is 1.03 bits per heavy atom. The molecule has 0 unspecified atom stereocenters. The molecule has 0 saturated heterocycles. The fourth-order valence-electron chi connectivity index (χ4n) is 3.68. The zero-order valence-corrected chi connectivity index (χ0v) is 17.7. The summed E-state index contributed by atoms with van der Waals surface area (Å²) in [7, 11) is 0. The molecular formula is C25H21FN6O. The maximum absolute atomic E-state index is 14.7. The fourth-order valence-corrected chi connectivity index (χ4v) is 3.68. The molecule has 0 saturated carbocycles. The second-order valence-electron chi connectivity index (χ2n) is 7.58. The lowest BCUT2D eigenvalue weighted by Crippen LogP contribution is -2.25. The van der Waals surface area contributed by atoms with E-state index in [1.165, 1.54) is 10.6 Å². The van der Waals surface area contributed by atoms with Crippen molar-refractivity contribution >= 4 is 11.6 Å². The number of carbonyl (C=O) groups excluding carboxylic acids is 1. The van der Waals surface area contributed by atoms with Gasteiger partial charge in [-0.25, -0.2) is 18.9 Å². The number of halogens is 1. The molecule has 3 heterocycles. The Morgan fingerprint density at radius 2 is 1.85 bits per heavy atom. The summed E-state index contributed by atoms with van der Waals surface area (Å²) < 4.78 is 18.1. The molecule has 5 rings (SSSR count). The molecule has 2 aromatic carbocycles. The van der Waals surface area contributed by atoms with Gasteiger partial charge in [-0.1, -0.05) is 42.5 Å². The highest BCUT2D eigenvalue weighted by atomic mass is 19.1. The summed E-state index contributed by atoms with van der Waals surface area (Å²) in [6.45, 7) is 1.25. The summed E-state index contributed by atoms with van der Waals surface area (Å²) in [6, 6.07) is 19.6. The van der Waals surface area contributed by atoms with Crippen molar-refractivity contribution in [3.63, 3.8) is 0 Å². The molecule has 0 aliphatic heterocycles. The number of imidazole rings is 1. The van der Waals surface area contributed by atoms with Gasteiger partial charge in [-0.2, -0.15) is 5.10 Å². The predicted octanol–water partition coefficient (Wildman–Crippen LogP) is 4.22. The molecule has 5 aromatic rings. The largest absolute Gasteiger partial charge is 0.351 e. The lowest BCUT2D eigenvalue weighted by molar-refractivity contribution is 0.0947. The number of benzene rings is 2. The van der Waals surface area contributed by atoms with Crippen LogP contribution in [0.25, 0.3) is 28.2 Å². The minimum atomic E-state index is -0.370. The van der Waals surface area contributed by atoms with Gasteiger partial charge in [0, 0.05) is 42.7 Å². The van der Waals surface area contributed by atoms with Crippen molar-refractivity contribution in [2.45, 2.75) is 13.0 Å². The van der Waals surface area contributed by atoms with Gasteiger partial charge in [0.1, 0.15) is 5.82 Å². The molecule has 0 spiro atoms. The molecule has 0 radical (unpaired) electrons. The number of aromatic nitrogens is 5. The second-order valence-corrected chi connectivity index (χ2v) is 7.58. The molecule has 0 atom stereocenters. The Hall–Kier alpha value is -4.33. The van der Waals surface area contributed by atoms with Gasteiger partial charge < -0.3 is 9.88 Å². The van der Waals surface area contributed by atoms with Crippen LogP contribution in [0.3, 0.4) is 0 Å². The van der Waals surface area contributed by atoms with E-state index in [9.17, 15) is 9.18 Å². The van der Waals surface area contributed by atoms with Crippen molar-refractivity contribution in [2.24, 2.45) is 0 Å². The van der Waals surface area contributed by atoms with Crippen molar-refractivity contribution in [3.05, 3.63) is 97.0 Å². The Labute approximate surface area is 189 Å². The van der Waals surface area contributed by atoms with Crippen LogP contribution in [0.1, 0.15) is 16.9 Å². The monoisotopic (exact) mass is 440 g/mol. The van der Waals surface area contributed by atoms with Crippen molar-refractivity contribution in [1.29, 1.82) is 0 Å². The van der Waals surface area contributed by atoms with Crippen LogP contribution in [-0.4, -0.2) is 36.6 Å². The third kappa shape index (κ3) is 4.36. The van der Waals surface area contributed by atoms with Gasteiger partial charge >= 0.3 is 0 Å². The first-order valence-corrected chi connectivity index (χ1v) is 10.6. The second kappa shape index (κ2) is 9.04. The van der Waals surface area contributed by atoms with Crippen LogP contribution in [0, 0.1) is 5.82 Å². The lowest BCUT2D eigenvalue weighted by atomic mass is 10.1. The Kier molecular flexibility index (Phi) is 5.63. The zero-order valence-electron chi connectivity index (χ0n) is 17.7. The van der Waals surface area contributed by atoms with Crippen LogP contribution in [0.5, 0.6) is 0 Å². The summed E-state index contributed by atoms with van der Waals surface area (Å²) in [5, 5.41) is 7.34. The van der Waals surface area contributed by atoms with Crippen molar-refractivity contribution in [1.82, 2.24) is 29.5 Å². The average molecular weight is 440 g/mol. The van der Waals surface area contributed by atoms with E-state index >= 15 is 0 Å². The lowest BCUT2D eigenvalue weighted by Gasteiger charge is -2.09. The van der Waals surface area contributed by atoms with E-state index in [0.717, 1.165) is 18.5 Å². The highest BCUT2D eigenvalue weighted by Crippen LogP contribution is 2.28. The number of amides is 1. The molecule has 0 fully saturated rings. The van der Waals surface area contributed by atoms with Gasteiger partial charge in [-0.3, -0.25) is 4.79 Å². The third-order valence-corrected chi connectivity index (χ3v) is 5.32. The van der Waals surface area contributed by atoms with Gasteiger partial charge in [0.25, 0.3) is 5.91 Å². The molecule has 8 heteroatoms. The summed E-state index contributed by atoms with van der Waals surface area (Å²) in [6.07, 6.45) is 6.10. The number of rotatable bonds is 7. The first-order chi connectivity index (χ1) is 16.2. The highest BCUT2D eigenvalue weighted by Gasteiger charge is 2.17. The Bertz CT molecular complexity index is 1400. The van der Waals surface area contributed by atoms with Crippen LogP contribution in [0.2, 0.25) is 0 Å². The molecule has 7 nitrogen and oxygen atoms in total. The van der Waals surface area contributed by atoms with Crippen molar-refractivity contribution in [2.75, 3.05) is 6.54 Å². The fraction of sp³-hybridized carbons (Fsp3) is 0.120. The number of nitrogens with zero attached hydrogens (tertiary/aromatic N) is 5. The quantitative estimate of drug-likeness (QED) is 0.385. The Morgan fingerprint density at radius 3 is 2.64 bits per heavy atom. The topological polar surface area (TPSA) is 77.1 Å². The van der Waals surface area contributed by atoms with Crippen molar-refractivity contribution in [3.8, 4) is 22.5 Å². The van der Waals surface area contributed by atoms with E-state index < -0.39 is 0 Å². The number of aryl methyl sites for hydroxylation is 1. The van der Waals surface area contributed by atoms with Crippen LogP contribution in [0.15, 0.2) is 85.5 Å². The maximum atomic E-state index is 14.7. The molecule has 1 amide bonds. The van der Waals surface area contributed by atoms with E-state index in [4.69, 9.17) is 0 Å². The minimum Gasteiger partial charge on any atom is -0.351 e. The molecule has 164 valence electrons. The molecule has 0 bridgehead atoms. The van der Waals surface area contributed by atoms with E-state index in [1.54, 1.807) is 42.9 Å². The average Bonchev–Trinajstić information content (AvgIpc) is 3.52. The van der Waals surface area contributed by atoms with Crippen LogP contribution < -0.4 is 5.32 Å². The van der Waals surface area contributed by atoms with Gasteiger partial charge in [-0.15, -0.1) is 0 Å². The number of fused-ring (bicyclic) bond motifs is 1. The highest BCUT2D eigenvalue weighted by molar-refractivity contribution is 5.93. The molecule has 33 heavy (non-hydrogen) atoms. The van der Waals surface area contributed by atoms with Gasteiger partial charge in [0.05, 0.1) is 17.7 Å². The summed E-state index contributed by atoms with van der Waals surface area (Å²) in [4.78, 5) is 21.4. The first kappa shape index (κ1) is 20.6. The van der Waals surface area contributed by atoms with E-state index in [0.29, 0.717) is 29.1 Å². The predicted molar refractivity (Wildman–Crippen MR) is 123 cm³/mol. The van der Waals surface area contributed by atoms with Gasteiger partial charge in [0.2, 0.25) is 0 Å². The normalized spacial score (nSPS) is 11.1. The van der Waals surface area contributed by atoms with Crippen LogP contribution >= 0.6 is 0 Å². The number of nitrogens with one attached hydrogen (secondary N) is 1. The molecule has 3 aromatic heterocycles. The smallest absolute Gasteiger partial charge is 0.271 e. The summed E-state index contributed by atoms with van der Waals surface area (Å²) in [5.41, 5.74) is 3.18. The summed E-state index contributed by atoms with van der Waals surface area (Å²) >= 11 is 0. The standard InChI is InChI=1S/C25H21FN6O/c26-20-10-5-4-9-19(20)23-15-21(18-7-2-1-3-8-18)29-24-16-22(30-32(23)24)25(33)28-11-6-13-31-14-12-27-17-31/h1-5,7-10,12,14-17H,6,11,13H2,(H,28,33). The first-order valence-electron chi connectivity index (χ1n) is 10.6.